The van der Waals surface area contributed by atoms with Gasteiger partial charge in [0.2, 0.25) is 11.8 Å². The van der Waals surface area contributed by atoms with Crippen molar-refractivity contribution in [2.24, 2.45) is 11.7 Å². The number of fused-ring (bicyclic) bond motifs is 1. The highest BCUT2D eigenvalue weighted by Gasteiger charge is 2.29. The lowest BCUT2D eigenvalue weighted by Crippen LogP contribution is -2.45. The first kappa shape index (κ1) is 25.6. The Morgan fingerprint density at radius 3 is 2.77 bits per heavy atom. The van der Waals surface area contributed by atoms with Crippen LogP contribution in [-0.2, 0) is 20.9 Å². The molecule has 1 aromatic heterocycles. The van der Waals surface area contributed by atoms with Crippen LogP contribution in [0.2, 0.25) is 0 Å². The number of benzene rings is 1. The van der Waals surface area contributed by atoms with Crippen molar-refractivity contribution < 1.29 is 14.3 Å². The highest BCUT2D eigenvalue weighted by atomic mass is 16.5. The molecule has 35 heavy (non-hydrogen) atoms. The van der Waals surface area contributed by atoms with Gasteiger partial charge < -0.3 is 25.3 Å². The molecule has 2 aromatic rings. The van der Waals surface area contributed by atoms with Crippen molar-refractivity contribution in [1.29, 1.82) is 0 Å². The number of nitrogens with two attached hydrogens (primary N) is 1. The van der Waals surface area contributed by atoms with E-state index in [1.54, 1.807) is 7.11 Å². The van der Waals surface area contributed by atoms with Crippen LogP contribution in [0.5, 0.6) is 0 Å². The van der Waals surface area contributed by atoms with Crippen LogP contribution >= 0.6 is 0 Å². The van der Waals surface area contributed by atoms with Gasteiger partial charge in [0.15, 0.2) is 0 Å². The molecule has 0 spiro atoms. The number of nitrogens with zero attached hydrogens (tertiary/aromatic N) is 3. The topological polar surface area (TPSA) is 102 Å². The van der Waals surface area contributed by atoms with Gasteiger partial charge in [0.05, 0.1) is 11.0 Å². The van der Waals surface area contributed by atoms with Crippen molar-refractivity contribution >= 4 is 22.8 Å². The summed E-state index contributed by atoms with van der Waals surface area (Å²) in [7, 11) is 1.73. The van der Waals surface area contributed by atoms with E-state index in [1.165, 1.54) is 6.42 Å². The molecule has 2 fully saturated rings. The van der Waals surface area contributed by atoms with Gasteiger partial charge in [-0.25, -0.2) is 4.98 Å². The van der Waals surface area contributed by atoms with Crippen LogP contribution in [0.3, 0.4) is 0 Å². The molecule has 2 aliphatic rings. The van der Waals surface area contributed by atoms with Crippen molar-refractivity contribution in [3.05, 3.63) is 30.1 Å². The fraction of sp³-hybridized carbons (Fsp3) is 0.667. The molecule has 2 amide bonds. The Hall–Kier alpha value is -2.45. The fourth-order valence-corrected chi connectivity index (χ4v) is 5.59. The third-order valence-electron chi connectivity index (χ3n) is 7.50. The Morgan fingerprint density at radius 2 is 1.97 bits per heavy atom. The molecule has 1 aliphatic heterocycles. The van der Waals surface area contributed by atoms with Crippen molar-refractivity contribution in [3.8, 4) is 0 Å². The third-order valence-corrected chi connectivity index (χ3v) is 7.50. The minimum absolute atomic E-state index is 0.0659. The zero-order chi connectivity index (χ0) is 24.6. The average molecular weight is 484 g/mol. The number of amides is 2. The second-order valence-corrected chi connectivity index (χ2v) is 10.2. The number of carbonyl (C=O) groups excluding carboxylic acids is 2. The monoisotopic (exact) mass is 483 g/mol. The van der Waals surface area contributed by atoms with E-state index in [0.29, 0.717) is 19.7 Å². The number of carbonyl (C=O) groups is 2. The number of hydrogen-bond donors (Lipinski definition) is 2. The molecule has 1 aromatic carbocycles. The number of methoxy groups -OCH3 is 1. The molecule has 2 heterocycles. The van der Waals surface area contributed by atoms with E-state index in [2.05, 4.69) is 22.0 Å². The number of aromatic nitrogens is 2. The molecule has 8 nitrogen and oxygen atoms in total. The molecular weight excluding hydrogens is 442 g/mol. The highest BCUT2D eigenvalue weighted by Crippen LogP contribution is 2.30. The average Bonchev–Trinajstić information content (AvgIpc) is 3.26. The molecule has 0 bridgehead atoms. The Balaban J connectivity index is 1.34. The van der Waals surface area contributed by atoms with Crippen LogP contribution < -0.4 is 11.1 Å². The largest absolute Gasteiger partial charge is 0.385 e. The molecule has 192 valence electrons. The van der Waals surface area contributed by atoms with Crippen molar-refractivity contribution in [2.75, 3.05) is 33.4 Å². The first-order chi connectivity index (χ1) is 17.1. The normalized spacial score (nSPS) is 20.2. The SMILES string of the molecule is COCCCn1c(C2CCCN(C(=O)CC(N)CNC(=O)C3CCCCC3)C2)nc2ccccc21. The van der Waals surface area contributed by atoms with Gasteiger partial charge in [-0.05, 0) is 44.2 Å². The Bertz CT molecular complexity index is 984. The number of piperidine rings is 1. The van der Waals surface area contributed by atoms with Gasteiger partial charge in [0.1, 0.15) is 5.82 Å². The number of nitrogens with one attached hydrogen (secondary N) is 1. The maximum absolute atomic E-state index is 13.1. The Kier molecular flexibility index (Phi) is 9.15. The quantitative estimate of drug-likeness (QED) is 0.505. The number of para-hydroxylation sites is 2. The predicted octanol–water partition coefficient (Wildman–Crippen LogP) is 3.19. The minimum Gasteiger partial charge on any atom is -0.385 e. The summed E-state index contributed by atoms with van der Waals surface area (Å²) in [6, 6.07) is 7.87. The second-order valence-electron chi connectivity index (χ2n) is 10.2. The Morgan fingerprint density at radius 1 is 1.17 bits per heavy atom. The predicted molar refractivity (Wildman–Crippen MR) is 137 cm³/mol. The van der Waals surface area contributed by atoms with Gasteiger partial charge in [0.25, 0.3) is 0 Å². The number of rotatable bonds is 10. The van der Waals surface area contributed by atoms with E-state index >= 15 is 0 Å². The summed E-state index contributed by atoms with van der Waals surface area (Å²) in [6.45, 7) is 3.32. The summed E-state index contributed by atoms with van der Waals surface area (Å²) in [5.74, 6) is 1.53. The van der Waals surface area contributed by atoms with Crippen LogP contribution in [0.4, 0.5) is 0 Å². The summed E-state index contributed by atoms with van der Waals surface area (Å²) in [5, 5.41) is 2.98. The molecule has 4 rings (SSSR count). The maximum atomic E-state index is 13.1. The number of likely N-dealkylation sites (tertiary alicyclic amines) is 1. The smallest absolute Gasteiger partial charge is 0.224 e. The number of ether oxygens (including phenoxy) is 1. The van der Waals surface area contributed by atoms with Crippen molar-refractivity contribution in [2.45, 2.75) is 76.3 Å². The first-order valence-electron chi connectivity index (χ1n) is 13.3. The number of hydrogen-bond acceptors (Lipinski definition) is 5. The lowest BCUT2D eigenvalue weighted by Gasteiger charge is -2.33. The summed E-state index contributed by atoms with van der Waals surface area (Å²) in [5.41, 5.74) is 8.39. The molecule has 2 atom stereocenters. The first-order valence-corrected chi connectivity index (χ1v) is 13.3. The van der Waals surface area contributed by atoms with E-state index in [0.717, 1.165) is 74.9 Å². The maximum Gasteiger partial charge on any atom is 0.224 e. The van der Waals surface area contributed by atoms with E-state index in [9.17, 15) is 9.59 Å². The molecule has 3 N–H and O–H groups in total. The van der Waals surface area contributed by atoms with E-state index in [1.807, 2.05) is 17.0 Å². The van der Waals surface area contributed by atoms with Crippen LogP contribution in [-0.4, -0.2) is 65.7 Å². The zero-order valence-corrected chi connectivity index (χ0v) is 21.1. The minimum atomic E-state index is -0.367. The molecule has 0 radical (unpaired) electrons. The van der Waals surface area contributed by atoms with Crippen LogP contribution in [0.15, 0.2) is 24.3 Å². The summed E-state index contributed by atoms with van der Waals surface area (Å²) in [4.78, 5) is 32.4. The van der Waals surface area contributed by atoms with Crippen LogP contribution in [0, 0.1) is 5.92 Å². The molecule has 2 unspecified atom stereocenters. The summed E-state index contributed by atoms with van der Waals surface area (Å²) < 4.78 is 7.57. The van der Waals surface area contributed by atoms with Gasteiger partial charge in [-0.1, -0.05) is 31.4 Å². The molecular formula is C27H41N5O3. The van der Waals surface area contributed by atoms with Gasteiger partial charge in [-0.2, -0.15) is 0 Å². The lowest BCUT2D eigenvalue weighted by atomic mass is 9.88. The zero-order valence-electron chi connectivity index (χ0n) is 21.1. The number of aryl methyl sites for hydroxylation is 1. The van der Waals surface area contributed by atoms with Crippen LogP contribution in [0.25, 0.3) is 11.0 Å². The Labute approximate surface area is 208 Å². The number of imidazole rings is 1. The molecule has 1 saturated carbocycles. The molecule has 8 heteroatoms. The molecule has 1 aliphatic carbocycles. The van der Waals surface area contributed by atoms with Crippen LogP contribution in [0.1, 0.15) is 69.5 Å². The summed E-state index contributed by atoms with van der Waals surface area (Å²) in [6.07, 6.45) is 8.53. The van der Waals surface area contributed by atoms with E-state index in [4.69, 9.17) is 15.5 Å². The van der Waals surface area contributed by atoms with Crippen molar-refractivity contribution in [3.63, 3.8) is 0 Å². The highest BCUT2D eigenvalue weighted by molar-refractivity contribution is 5.79. The standard InChI is InChI=1S/C27H41N5O3/c1-35-16-8-15-32-24-13-6-5-12-23(24)30-26(32)21-11-7-14-31(19-21)25(33)17-22(28)18-29-27(34)20-9-3-2-4-10-20/h5-6,12-13,20-22H,2-4,7-11,14-19,28H2,1H3,(H,29,34). The fourth-order valence-electron chi connectivity index (χ4n) is 5.59. The van der Waals surface area contributed by atoms with Crippen molar-refractivity contribution in [1.82, 2.24) is 19.8 Å². The molecule has 1 saturated heterocycles. The van der Waals surface area contributed by atoms with Gasteiger partial charge in [0, 0.05) is 64.2 Å². The lowest BCUT2D eigenvalue weighted by molar-refractivity contribution is -0.133. The summed E-state index contributed by atoms with van der Waals surface area (Å²) >= 11 is 0. The van der Waals surface area contributed by atoms with Gasteiger partial charge >= 0.3 is 0 Å². The van der Waals surface area contributed by atoms with E-state index < -0.39 is 0 Å². The second kappa shape index (κ2) is 12.5. The van der Waals surface area contributed by atoms with E-state index in [-0.39, 0.29) is 36.1 Å². The third kappa shape index (κ3) is 6.61. The van der Waals surface area contributed by atoms with Gasteiger partial charge in [-0.3, -0.25) is 9.59 Å². The van der Waals surface area contributed by atoms with Gasteiger partial charge in [-0.15, -0.1) is 0 Å².